The van der Waals surface area contributed by atoms with Crippen LogP contribution < -0.4 is 5.32 Å². The van der Waals surface area contributed by atoms with Crippen molar-refractivity contribution in [1.29, 1.82) is 0 Å². The normalized spacial score (nSPS) is 22.6. The van der Waals surface area contributed by atoms with Crippen molar-refractivity contribution in [2.75, 3.05) is 32.8 Å². The molecule has 1 spiro atoms. The van der Waals surface area contributed by atoms with E-state index in [4.69, 9.17) is 4.74 Å². The maximum atomic E-state index is 12.0. The number of rotatable bonds is 0. The van der Waals surface area contributed by atoms with E-state index < -0.39 is 23.8 Å². The lowest BCUT2D eigenvalue weighted by atomic mass is 9.90. The first-order valence-corrected chi connectivity index (χ1v) is 6.25. The molecule has 2 rings (SSSR count). The number of alkyl halides is 3. The second-order valence-electron chi connectivity index (χ2n) is 4.86. The highest BCUT2D eigenvalue weighted by Crippen LogP contribution is 2.28. The highest BCUT2D eigenvalue weighted by Gasteiger charge is 2.45. The summed E-state index contributed by atoms with van der Waals surface area (Å²) in [6, 6.07) is 0. The molecule has 2 heterocycles. The molecule has 0 unspecified atom stereocenters. The summed E-state index contributed by atoms with van der Waals surface area (Å²) in [5, 5.41) is 3.13. The van der Waals surface area contributed by atoms with Crippen LogP contribution >= 0.6 is 0 Å². The molecule has 0 aromatic carbocycles. The number of morpholine rings is 1. The maximum absolute atomic E-state index is 12.0. The SMILES string of the molecule is O=C(OC(=O)C(F)(F)F)N1CCOC2(CCNCC2)C1. The number of nitrogens with one attached hydrogen (secondary N) is 1. The van der Waals surface area contributed by atoms with E-state index in [1.165, 1.54) is 0 Å². The third kappa shape index (κ3) is 3.40. The number of amides is 1. The van der Waals surface area contributed by atoms with E-state index in [2.05, 4.69) is 10.1 Å². The second kappa shape index (κ2) is 5.57. The number of hydrogen-bond donors (Lipinski definition) is 1. The first kappa shape index (κ1) is 15.0. The van der Waals surface area contributed by atoms with Crippen molar-refractivity contribution < 1.29 is 32.2 Å². The van der Waals surface area contributed by atoms with Crippen LogP contribution in [0.2, 0.25) is 0 Å². The molecule has 6 nitrogen and oxygen atoms in total. The molecule has 1 N–H and O–H groups in total. The highest BCUT2D eigenvalue weighted by molar-refractivity contribution is 5.87. The summed E-state index contributed by atoms with van der Waals surface area (Å²) in [5.74, 6) is -2.49. The van der Waals surface area contributed by atoms with E-state index in [9.17, 15) is 22.8 Å². The molecule has 2 saturated heterocycles. The maximum Gasteiger partial charge on any atom is 0.491 e. The monoisotopic (exact) mass is 296 g/mol. The zero-order valence-electron chi connectivity index (χ0n) is 10.7. The predicted octanol–water partition coefficient (Wildman–Crippen LogP) is 0.666. The number of nitrogens with zero attached hydrogens (tertiary/aromatic N) is 1. The van der Waals surface area contributed by atoms with Gasteiger partial charge in [-0.25, -0.2) is 9.59 Å². The molecule has 2 aliphatic heterocycles. The van der Waals surface area contributed by atoms with Crippen molar-refractivity contribution in [1.82, 2.24) is 10.2 Å². The quantitative estimate of drug-likeness (QED) is 0.525. The summed E-state index contributed by atoms with van der Waals surface area (Å²) in [7, 11) is 0. The summed E-state index contributed by atoms with van der Waals surface area (Å²) in [6.07, 6.45) is -5.13. The zero-order valence-corrected chi connectivity index (χ0v) is 10.7. The van der Waals surface area contributed by atoms with Crippen LogP contribution in [0.1, 0.15) is 12.8 Å². The minimum atomic E-state index is -5.17. The van der Waals surface area contributed by atoms with Crippen molar-refractivity contribution >= 4 is 12.1 Å². The Kier molecular flexibility index (Phi) is 4.19. The first-order valence-electron chi connectivity index (χ1n) is 6.25. The fourth-order valence-corrected chi connectivity index (χ4v) is 2.39. The fraction of sp³-hybridized carbons (Fsp3) is 0.818. The molecule has 0 radical (unpaired) electrons. The molecule has 20 heavy (non-hydrogen) atoms. The zero-order chi connectivity index (χ0) is 14.8. The molecule has 9 heteroatoms. The minimum Gasteiger partial charge on any atom is -0.371 e. The molecule has 2 aliphatic rings. The highest BCUT2D eigenvalue weighted by atomic mass is 19.4. The Bertz CT molecular complexity index is 388. The molecule has 0 aromatic rings. The third-order valence-corrected chi connectivity index (χ3v) is 3.43. The van der Waals surface area contributed by atoms with Crippen LogP contribution in [0.4, 0.5) is 18.0 Å². The number of halogens is 3. The lowest BCUT2D eigenvalue weighted by Gasteiger charge is -2.44. The lowest BCUT2D eigenvalue weighted by molar-refractivity contribution is -0.195. The van der Waals surface area contributed by atoms with E-state index in [-0.39, 0.29) is 19.7 Å². The molecular formula is C11H15F3N2O4. The Morgan fingerprint density at radius 2 is 1.90 bits per heavy atom. The van der Waals surface area contributed by atoms with Crippen molar-refractivity contribution in [3.63, 3.8) is 0 Å². The van der Waals surface area contributed by atoms with Gasteiger partial charge >= 0.3 is 18.2 Å². The van der Waals surface area contributed by atoms with Crippen LogP contribution in [-0.2, 0) is 14.3 Å². The Hall–Kier alpha value is -1.35. The Labute approximate surface area is 113 Å². The van der Waals surface area contributed by atoms with Gasteiger partial charge in [0, 0.05) is 6.54 Å². The van der Waals surface area contributed by atoms with Crippen LogP contribution in [0.15, 0.2) is 0 Å². The molecule has 0 atom stereocenters. The van der Waals surface area contributed by atoms with E-state index in [1.54, 1.807) is 0 Å². The molecule has 0 aromatic heterocycles. The summed E-state index contributed by atoms with van der Waals surface area (Å²) >= 11 is 0. The van der Waals surface area contributed by atoms with Crippen molar-refractivity contribution in [2.24, 2.45) is 0 Å². The van der Waals surface area contributed by atoms with Crippen LogP contribution in [0.5, 0.6) is 0 Å². The van der Waals surface area contributed by atoms with Gasteiger partial charge in [-0.2, -0.15) is 13.2 Å². The Balaban J connectivity index is 1.95. The molecule has 0 bridgehead atoms. The van der Waals surface area contributed by atoms with Crippen molar-refractivity contribution in [2.45, 2.75) is 24.6 Å². The number of esters is 1. The van der Waals surface area contributed by atoms with Gasteiger partial charge in [0.2, 0.25) is 0 Å². The molecule has 2 fully saturated rings. The van der Waals surface area contributed by atoms with Crippen LogP contribution in [0, 0.1) is 0 Å². The lowest BCUT2D eigenvalue weighted by Crippen LogP contribution is -2.57. The largest absolute Gasteiger partial charge is 0.491 e. The molecule has 0 saturated carbocycles. The minimum absolute atomic E-state index is 0.110. The fourth-order valence-electron chi connectivity index (χ4n) is 2.39. The van der Waals surface area contributed by atoms with Gasteiger partial charge in [-0.05, 0) is 25.9 Å². The summed E-state index contributed by atoms with van der Waals surface area (Å²) in [5.41, 5.74) is -0.552. The smallest absolute Gasteiger partial charge is 0.371 e. The van der Waals surface area contributed by atoms with Gasteiger partial charge in [0.1, 0.15) is 0 Å². The summed E-state index contributed by atoms with van der Waals surface area (Å²) in [4.78, 5) is 23.3. The summed E-state index contributed by atoms with van der Waals surface area (Å²) < 4.78 is 45.6. The van der Waals surface area contributed by atoms with E-state index in [0.717, 1.165) is 4.90 Å². The van der Waals surface area contributed by atoms with E-state index in [1.807, 2.05) is 0 Å². The number of carbonyl (C=O) groups is 2. The Morgan fingerprint density at radius 3 is 2.50 bits per heavy atom. The average molecular weight is 296 g/mol. The van der Waals surface area contributed by atoms with Crippen LogP contribution in [0.25, 0.3) is 0 Å². The molecular weight excluding hydrogens is 281 g/mol. The van der Waals surface area contributed by atoms with Gasteiger partial charge in [-0.1, -0.05) is 0 Å². The molecule has 1 amide bonds. The number of piperidine rings is 1. The van der Waals surface area contributed by atoms with Gasteiger partial charge in [-0.15, -0.1) is 0 Å². The van der Waals surface area contributed by atoms with Crippen molar-refractivity contribution in [3.8, 4) is 0 Å². The molecule has 0 aliphatic carbocycles. The number of hydrogen-bond acceptors (Lipinski definition) is 5. The van der Waals surface area contributed by atoms with Crippen LogP contribution in [0.3, 0.4) is 0 Å². The standard InChI is InChI=1S/C11H15F3N2O4/c12-11(13,14)8(17)20-9(18)16-5-6-19-10(7-16)1-3-15-4-2-10/h15H,1-7H2. The van der Waals surface area contributed by atoms with Crippen LogP contribution in [-0.4, -0.2) is 61.5 Å². The average Bonchev–Trinajstić information content (AvgIpc) is 2.38. The van der Waals surface area contributed by atoms with Gasteiger partial charge in [0.15, 0.2) is 0 Å². The van der Waals surface area contributed by atoms with E-state index >= 15 is 0 Å². The molecule has 114 valence electrons. The third-order valence-electron chi connectivity index (χ3n) is 3.43. The number of ether oxygens (including phenoxy) is 2. The topological polar surface area (TPSA) is 67.9 Å². The van der Waals surface area contributed by atoms with Gasteiger partial charge in [-0.3, -0.25) is 0 Å². The van der Waals surface area contributed by atoms with Crippen molar-refractivity contribution in [3.05, 3.63) is 0 Å². The number of carbonyl (C=O) groups excluding carboxylic acids is 2. The Morgan fingerprint density at radius 1 is 1.25 bits per heavy atom. The van der Waals surface area contributed by atoms with Gasteiger partial charge in [0.05, 0.1) is 18.8 Å². The predicted molar refractivity (Wildman–Crippen MR) is 59.9 cm³/mol. The second-order valence-corrected chi connectivity index (χ2v) is 4.86. The van der Waals surface area contributed by atoms with Gasteiger partial charge < -0.3 is 19.7 Å². The van der Waals surface area contributed by atoms with E-state index in [0.29, 0.717) is 25.9 Å². The van der Waals surface area contributed by atoms with Gasteiger partial charge in [0.25, 0.3) is 0 Å². The summed E-state index contributed by atoms with van der Waals surface area (Å²) in [6.45, 7) is 1.89. The first-order chi connectivity index (χ1) is 9.32.